The van der Waals surface area contributed by atoms with Crippen molar-refractivity contribution in [2.24, 2.45) is 4.99 Å². The van der Waals surface area contributed by atoms with E-state index < -0.39 is 19.1 Å². The number of aliphatic imine (C=N–C) groups is 1. The highest BCUT2D eigenvalue weighted by molar-refractivity contribution is 7.84. The molecular formula is C29H35N3OSSi. The van der Waals surface area contributed by atoms with Crippen molar-refractivity contribution >= 4 is 30.5 Å². The van der Waals surface area contributed by atoms with Crippen LogP contribution in [0.25, 0.3) is 0 Å². The van der Waals surface area contributed by atoms with E-state index in [1.54, 1.807) is 6.20 Å². The van der Waals surface area contributed by atoms with Crippen molar-refractivity contribution in [3.05, 3.63) is 95.8 Å². The second-order valence-electron chi connectivity index (χ2n) is 10.5. The monoisotopic (exact) mass is 501 g/mol. The fourth-order valence-electron chi connectivity index (χ4n) is 3.27. The molecule has 35 heavy (non-hydrogen) atoms. The smallest absolute Gasteiger partial charge is 0.129 e. The van der Waals surface area contributed by atoms with Gasteiger partial charge in [-0.15, -0.1) is 11.5 Å². The van der Waals surface area contributed by atoms with Crippen LogP contribution >= 0.6 is 0 Å². The molecule has 0 bridgehead atoms. The molecule has 3 rings (SSSR count). The van der Waals surface area contributed by atoms with Gasteiger partial charge in [-0.05, 0) is 32.4 Å². The topological polar surface area (TPSA) is 54.4 Å². The maximum Gasteiger partial charge on any atom is 0.129 e. The maximum absolute atomic E-state index is 13.0. The van der Waals surface area contributed by atoms with Crippen LogP contribution in [0.5, 0.6) is 0 Å². The Morgan fingerprint density at radius 2 is 1.57 bits per heavy atom. The zero-order valence-electron chi connectivity index (χ0n) is 21.5. The minimum absolute atomic E-state index is 0.210. The van der Waals surface area contributed by atoms with E-state index in [2.05, 4.69) is 65.1 Å². The fraction of sp³-hybridized carbons (Fsp3) is 0.310. The highest BCUT2D eigenvalue weighted by atomic mass is 32.2. The summed E-state index contributed by atoms with van der Waals surface area (Å²) in [6, 6.07) is 22.1. The van der Waals surface area contributed by atoms with Crippen molar-refractivity contribution in [3.8, 4) is 11.5 Å². The molecule has 2 aromatic carbocycles. The van der Waals surface area contributed by atoms with E-state index in [4.69, 9.17) is 4.99 Å². The van der Waals surface area contributed by atoms with Crippen molar-refractivity contribution in [1.82, 2.24) is 9.71 Å². The first-order chi connectivity index (χ1) is 16.5. The Bertz CT molecular complexity index is 1190. The summed E-state index contributed by atoms with van der Waals surface area (Å²) in [5.41, 5.74) is 8.05. The van der Waals surface area contributed by atoms with Crippen LogP contribution in [0.2, 0.25) is 19.6 Å². The summed E-state index contributed by atoms with van der Waals surface area (Å²) in [4.78, 5) is 9.50. The molecule has 0 aliphatic heterocycles. The van der Waals surface area contributed by atoms with Gasteiger partial charge in [0.25, 0.3) is 0 Å². The molecule has 0 radical (unpaired) electrons. The average Bonchev–Trinajstić information content (AvgIpc) is 2.82. The number of aromatic nitrogens is 1. The summed E-state index contributed by atoms with van der Waals surface area (Å²) in [7, 11) is -2.75. The molecule has 0 saturated carbocycles. The molecule has 0 saturated heterocycles. The van der Waals surface area contributed by atoms with Crippen LogP contribution in [0, 0.1) is 11.5 Å². The summed E-state index contributed by atoms with van der Waals surface area (Å²) in [5, 5.41) is 0. The lowest BCUT2D eigenvalue weighted by Crippen LogP contribution is -2.35. The summed E-state index contributed by atoms with van der Waals surface area (Å²) >= 11 is 0. The summed E-state index contributed by atoms with van der Waals surface area (Å²) in [5.74, 6) is 3.34. The number of hydrogen-bond donors (Lipinski definition) is 1. The quantitative estimate of drug-likeness (QED) is 0.225. The Hall–Kier alpha value is -2.85. The van der Waals surface area contributed by atoms with E-state index in [9.17, 15) is 4.21 Å². The lowest BCUT2D eigenvalue weighted by molar-refractivity contribution is 0.604. The normalized spacial score (nSPS) is 13.3. The minimum Gasteiger partial charge on any atom is -0.262 e. The molecule has 0 fully saturated rings. The standard InChI is InChI=1S/C29H35N3OSSi/c1-29(2,3)34(33)32-27(18-13-19-35(4,5)6)25-20-26(22-30-21-25)31-28(23-14-9-7-10-15-23)24-16-11-8-12-17-24/h7-12,14-17,20-22,27,32H,18H2,1-6H3. The van der Waals surface area contributed by atoms with E-state index >= 15 is 0 Å². The van der Waals surface area contributed by atoms with Crippen LogP contribution in [-0.2, 0) is 11.0 Å². The molecule has 0 aliphatic carbocycles. The maximum atomic E-state index is 13.0. The number of pyridine rings is 1. The first-order valence-corrected chi connectivity index (χ1v) is 16.5. The Morgan fingerprint density at radius 1 is 1.00 bits per heavy atom. The van der Waals surface area contributed by atoms with E-state index in [1.165, 1.54) is 0 Å². The van der Waals surface area contributed by atoms with Gasteiger partial charge in [-0.2, -0.15) is 0 Å². The second kappa shape index (κ2) is 11.7. The van der Waals surface area contributed by atoms with E-state index in [-0.39, 0.29) is 10.8 Å². The van der Waals surface area contributed by atoms with Gasteiger partial charge in [-0.3, -0.25) is 4.98 Å². The van der Waals surface area contributed by atoms with Crippen molar-refractivity contribution < 1.29 is 4.21 Å². The van der Waals surface area contributed by atoms with Crippen LogP contribution in [0.4, 0.5) is 5.69 Å². The SMILES string of the molecule is CC(C)(C)S(=O)NC(CC#C[Si](C)(C)C)c1cncc(N=C(c2ccccc2)c2ccccc2)c1. The number of rotatable bonds is 7. The molecule has 1 N–H and O–H groups in total. The summed E-state index contributed by atoms with van der Waals surface area (Å²) in [6.07, 6.45) is 4.14. The molecule has 6 heteroatoms. The first-order valence-electron chi connectivity index (χ1n) is 11.9. The van der Waals surface area contributed by atoms with Crippen molar-refractivity contribution in [1.29, 1.82) is 0 Å². The molecular weight excluding hydrogens is 466 g/mol. The van der Waals surface area contributed by atoms with Gasteiger partial charge in [0.15, 0.2) is 0 Å². The number of benzene rings is 2. The van der Waals surface area contributed by atoms with Gasteiger partial charge in [0.2, 0.25) is 0 Å². The Kier molecular flexibility index (Phi) is 8.96. The lowest BCUT2D eigenvalue weighted by Gasteiger charge is -2.23. The molecule has 0 amide bonds. The van der Waals surface area contributed by atoms with Crippen molar-refractivity contribution in [2.75, 3.05) is 0 Å². The molecule has 2 atom stereocenters. The van der Waals surface area contributed by atoms with Gasteiger partial charge in [-0.1, -0.05) is 80.3 Å². The predicted molar refractivity (Wildman–Crippen MR) is 152 cm³/mol. The van der Waals surface area contributed by atoms with E-state index in [0.29, 0.717) is 6.42 Å². The lowest BCUT2D eigenvalue weighted by atomic mass is 10.0. The number of hydrogen-bond acceptors (Lipinski definition) is 3. The summed E-state index contributed by atoms with van der Waals surface area (Å²) < 4.78 is 15.9. The second-order valence-corrected chi connectivity index (χ2v) is 17.2. The highest BCUT2D eigenvalue weighted by Gasteiger charge is 2.24. The van der Waals surface area contributed by atoms with E-state index in [0.717, 1.165) is 28.1 Å². The van der Waals surface area contributed by atoms with E-state index in [1.807, 2.05) is 69.4 Å². The van der Waals surface area contributed by atoms with Gasteiger partial charge in [0.1, 0.15) is 8.07 Å². The van der Waals surface area contributed by atoms with Crippen LogP contribution in [-0.4, -0.2) is 27.7 Å². The van der Waals surface area contributed by atoms with Crippen LogP contribution in [0.15, 0.2) is 84.1 Å². The highest BCUT2D eigenvalue weighted by Crippen LogP contribution is 2.25. The van der Waals surface area contributed by atoms with Crippen LogP contribution in [0.1, 0.15) is 49.9 Å². The summed E-state index contributed by atoms with van der Waals surface area (Å²) in [6.45, 7) is 12.6. The zero-order chi connectivity index (χ0) is 25.5. The Morgan fingerprint density at radius 3 is 2.09 bits per heavy atom. The van der Waals surface area contributed by atoms with Gasteiger partial charge < -0.3 is 0 Å². The zero-order valence-corrected chi connectivity index (χ0v) is 23.3. The van der Waals surface area contributed by atoms with Gasteiger partial charge in [0, 0.05) is 23.7 Å². The molecule has 0 spiro atoms. The molecule has 3 aromatic rings. The van der Waals surface area contributed by atoms with Gasteiger partial charge >= 0.3 is 0 Å². The number of nitrogens with zero attached hydrogens (tertiary/aromatic N) is 2. The van der Waals surface area contributed by atoms with Gasteiger partial charge in [0.05, 0.1) is 39.4 Å². The Labute approximate surface area is 213 Å². The molecule has 1 heterocycles. The van der Waals surface area contributed by atoms with Gasteiger partial charge in [-0.25, -0.2) is 13.9 Å². The van der Waals surface area contributed by atoms with Crippen LogP contribution < -0.4 is 4.72 Å². The fourth-order valence-corrected chi connectivity index (χ4v) is 4.73. The van der Waals surface area contributed by atoms with Crippen molar-refractivity contribution in [3.63, 3.8) is 0 Å². The molecule has 0 aliphatic rings. The molecule has 2 unspecified atom stereocenters. The molecule has 1 aromatic heterocycles. The minimum atomic E-state index is -1.51. The predicted octanol–water partition coefficient (Wildman–Crippen LogP) is 6.61. The molecule has 182 valence electrons. The third-order valence-corrected chi connectivity index (χ3v) is 7.60. The molecule has 4 nitrogen and oxygen atoms in total. The third kappa shape index (κ3) is 8.39. The third-order valence-electron chi connectivity index (χ3n) is 5.06. The first kappa shape index (κ1) is 26.7. The van der Waals surface area contributed by atoms with Crippen LogP contribution in [0.3, 0.4) is 0 Å². The largest absolute Gasteiger partial charge is 0.262 e. The van der Waals surface area contributed by atoms with Crippen molar-refractivity contribution in [2.45, 2.75) is 57.6 Å². The average molecular weight is 502 g/mol. The Balaban J connectivity index is 2.02. The number of nitrogens with one attached hydrogen (secondary N) is 1.